The van der Waals surface area contributed by atoms with E-state index in [4.69, 9.17) is 10.1 Å². The summed E-state index contributed by atoms with van der Waals surface area (Å²) in [5.41, 5.74) is 5.37. The van der Waals surface area contributed by atoms with Gasteiger partial charge in [0.15, 0.2) is 5.78 Å². The number of carbonyl (C=O) groups is 1. The van der Waals surface area contributed by atoms with Crippen molar-refractivity contribution in [1.29, 1.82) is 0 Å². The molecular weight excluding hydrogens is 460 g/mol. The number of allylic oxidation sites excluding steroid dienone is 2. The van der Waals surface area contributed by atoms with E-state index in [1.807, 2.05) is 16.8 Å². The lowest BCUT2D eigenvalue weighted by molar-refractivity contribution is -0.116. The summed E-state index contributed by atoms with van der Waals surface area (Å²) in [6, 6.07) is 16.4. The maximum atomic E-state index is 12.9. The van der Waals surface area contributed by atoms with Crippen molar-refractivity contribution in [2.24, 2.45) is 0 Å². The fourth-order valence-corrected chi connectivity index (χ4v) is 5.14. The smallest absolute Gasteiger partial charge is 0.227 e. The van der Waals surface area contributed by atoms with Gasteiger partial charge in [-0.1, -0.05) is 69.7 Å². The molecule has 0 bridgehead atoms. The number of carbonyl (C=O) groups excluding carboxylic acids is 1. The Bertz CT molecular complexity index is 1150. The molecule has 0 fully saturated rings. The molecule has 7 heteroatoms. The highest BCUT2D eigenvalue weighted by molar-refractivity contribution is 9.10. The fourth-order valence-electron chi connectivity index (χ4n) is 4.10. The average Bonchev–Trinajstić information content (AvgIpc) is 3.14. The molecule has 0 saturated heterocycles. The molecule has 2 aliphatic rings. The second-order valence-electron chi connectivity index (χ2n) is 7.69. The Morgan fingerprint density at radius 2 is 2.03 bits per heavy atom. The Balaban J connectivity index is 1.50. The molecule has 5 rings (SSSR count). The summed E-state index contributed by atoms with van der Waals surface area (Å²) in [4.78, 5) is 17.6. The molecule has 3 aromatic rings. The summed E-state index contributed by atoms with van der Waals surface area (Å²) in [5.74, 6) is 1.72. The first-order chi connectivity index (χ1) is 14.6. The van der Waals surface area contributed by atoms with Gasteiger partial charge in [0, 0.05) is 27.9 Å². The minimum atomic E-state index is -0.238. The fraction of sp³-hybridized carbons (Fsp3) is 0.261. The third kappa shape index (κ3) is 3.72. The lowest BCUT2D eigenvalue weighted by Crippen LogP contribution is -2.31. The molecule has 2 aromatic carbocycles. The van der Waals surface area contributed by atoms with Crippen LogP contribution in [-0.2, 0) is 10.5 Å². The monoisotopic (exact) mass is 480 g/mol. The van der Waals surface area contributed by atoms with E-state index in [9.17, 15) is 4.79 Å². The molecule has 1 aromatic heterocycles. The third-order valence-electron chi connectivity index (χ3n) is 5.48. The van der Waals surface area contributed by atoms with Gasteiger partial charge in [-0.15, -0.1) is 5.10 Å². The molecule has 0 amide bonds. The predicted octanol–water partition coefficient (Wildman–Crippen LogP) is 5.66. The van der Waals surface area contributed by atoms with E-state index in [1.165, 1.54) is 11.1 Å². The van der Waals surface area contributed by atoms with Gasteiger partial charge in [-0.2, -0.15) is 4.98 Å². The second kappa shape index (κ2) is 8.04. The highest BCUT2D eigenvalue weighted by Gasteiger charge is 2.36. The quantitative estimate of drug-likeness (QED) is 0.487. The largest absolute Gasteiger partial charge is 0.328 e. The molecule has 1 N–H and O–H groups in total. The van der Waals surface area contributed by atoms with Crippen LogP contribution in [0.1, 0.15) is 42.0 Å². The topological polar surface area (TPSA) is 59.8 Å². The predicted molar refractivity (Wildman–Crippen MR) is 123 cm³/mol. The third-order valence-corrected chi connectivity index (χ3v) is 6.92. The first-order valence-electron chi connectivity index (χ1n) is 10.0. The SMILES string of the molecule is Cc1cccc(CSc2nc3n(n2)[C@H](c2ccc(Br)cc2)C2=C(CCCC2=O)N3)c1. The number of thioether (sulfide) groups is 1. The molecule has 30 heavy (non-hydrogen) atoms. The Hall–Kier alpha value is -2.38. The van der Waals surface area contributed by atoms with Gasteiger partial charge in [0.2, 0.25) is 11.1 Å². The molecular formula is C23H21BrN4OS. The van der Waals surface area contributed by atoms with E-state index in [0.717, 1.165) is 39.9 Å². The number of rotatable bonds is 4. The Morgan fingerprint density at radius 1 is 1.20 bits per heavy atom. The van der Waals surface area contributed by atoms with Crippen LogP contribution in [0.5, 0.6) is 0 Å². The van der Waals surface area contributed by atoms with Crippen LogP contribution in [0.2, 0.25) is 0 Å². The zero-order valence-electron chi connectivity index (χ0n) is 16.6. The first kappa shape index (κ1) is 19.6. The van der Waals surface area contributed by atoms with Crippen molar-refractivity contribution in [1.82, 2.24) is 14.8 Å². The number of aromatic nitrogens is 3. The van der Waals surface area contributed by atoms with Crippen LogP contribution in [0.3, 0.4) is 0 Å². The van der Waals surface area contributed by atoms with Crippen molar-refractivity contribution in [3.63, 3.8) is 0 Å². The minimum absolute atomic E-state index is 0.201. The summed E-state index contributed by atoms with van der Waals surface area (Å²) < 4.78 is 2.89. The number of Topliss-reactive ketones (excluding diaryl/α,β-unsaturated/α-hetero) is 1. The van der Waals surface area contributed by atoms with E-state index in [-0.39, 0.29) is 11.8 Å². The summed E-state index contributed by atoms with van der Waals surface area (Å²) in [6.45, 7) is 2.10. The van der Waals surface area contributed by atoms with Crippen LogP contribution in [0, 0.1) is 6.92 Å². The lowest BCUT2D eigenvalue weighted by Gasteiger charge is -2.32. The number of ketones is 1. The Labute approximate surface area is 188 Å². The van der Waals surface area contributed by atoms with Gasteiger partial charge in [-0.3, -0.25) is 4.79 Å². The summed E-state index contributed by atoms with van der Waals surface area (Å²) >= 11 is 5.12. The standard InChI is InChI=1S/C23H21BrN4OS/c1-14-4-2-5-15(12-14)13-30-23-26-22-25-18-6-3-7-19(29)20(18)21(28(22)27-23)16-8-10-17(24)11-9-16/h2,4-5,8-12,21H,3,6-7,13H2,1H3,(H,25,26,27)/t21-/m1/s1. The summed E-state index contributed by atoms with van der Waals surface area (Å²) in [7, 11) is 0. The highest BCUT2D eigenvalue weighted by atomic mass is 79.9. The molecule has 5 nitrogen and oxygen atoms in total. The minimum Gasteiger partial charge on any atom is -0.328 e. The molecule has 2 heterocycles. The van der Waals surface area contributed by atoms with E-state index in [0.29, 0.717) is 17.5 Å². The summed E-state index contributed by atoms with van der Waals surface area (Å²) in [6.07, 6.45) is 2.33. The molecule has 0 unspecified atom stereocenters. The Morgan fingerprint density at radius 3 is 2.83 bits per heavy atom. The van der Waals surface area contributed by atoms with Crippen molar-refractivity contribution in [3.8, 4) is 0 Å². The molecule has 0 radical (unpaired) electrons. The van der Waals surface area contributed by atoms with Crippen LogP contribution in [0.15, 0.2) is 69.4 Å². The summed E-state index contributed by atoms with van der Waals surface area (Å²) in [5, 5.41) is 8.91. The van der Waals surface area contributed by atoms with Gasteiger partial charge >= 0.3 is 0 Å². The van der Waals surface area contributed by atoms with Crippen LogP contribution in [-0.4, -0.2) is 20.5 Å². The number of benzene rings is 2. The van der Waals surface area contributed by atoms with Crippen LogP contribution in [0.25, 0.3) is 0 Å². The van der Waals surface area contributed by atoms with Crippen molar-refractivity contribution in [2.45, 2.75) is 43.1 Å². The van der Waals surface area contributed by atoms with Gasteiger partial charge < -0.3 is 5.32 Å². The van der Waals surface area contributed by atoms with E-state index >= 15 is 0 Å². The van der Waals surface area contributed by atoms with Gasteiger partial charge in [-0.25, -0.2) is 4.68 Å². The number of halogens is 1. The highest BCUT2D eigenvalue weighted by Crippen LogP contribution is 2.40. The molecule has 1 aliphatic carbocycles. The molecule has 1 atom stereocenters. The lowest BCUT2D eigenvalue weighted by atomic mass is 9.85. The number of anilines is 1. The van der Waals surface area contributed by atoms with Gasteiger partial charge in [-0.05, 0) is 43.0 Å². The van der Waals surface area contributed by atoms with Gasteiger partial charge in [0.05, 0.1) is 0 Å². The molecule has 152 valence electrons. The maximum Gasteiger partial charge on any atom is 0.227 e. The maximum absolute atomic E-state index is 12.9. The average molecular weight is 481 g/mol. The number of aryl methyl sites for hydroxylation is 1. The van der Waals surface area contributed by atoms with E-state index in [1.54, 1.807) is 11.8 Å². The van der Waals surface area contributed by atoms with Crippen LogP contribution in [0.4, 0.5) is 5.95 Å². The number of nitrogens with one attached hydrogen (secondary N) is 1. The van der Waals surface area contributed by atoms with Crippen molar-refractivity contribution >= 4 is 39.4 Å². The number of nitrogens with zero attached hydrogens (tertiary/aromatic N) is 3. The molecule has 0 saturated carbocycles. The van der Waals surface area contributed by atoms with Crippen molar-refractivity contribution in [3.05, 3.63) is 81.0 Å². The Kier molecular flexibility index (Phi) is 5.25. The zero-order valence-corrected chi connectivity index (χ0v) is 19.0. The number of hydrogen-bond donors (Lipinski definition) is 1. The van der Waals surface area contributed by atoms with Crippen LogP contribution < -0.4 is 5.32 Å². The van der Waals surface area contributed by atoms with E-state index in [2.05, 4.69) is 64.6 Å². The number of hydrogen-bond acceptors (Lipinski definition) is 5. The molecule has 0 spiro atoms. The second-order valence-corrected chi connectivity index (χ2v) is 9.55. The molecule has 1 aliphatic heterocycles. The van der Waals surface area contributed by atoms with Gasteiger partial charge in [0.25, 0.3) is 0 Å². The van der Waals surface area contributed by atoms with E-state index < -0.39 is 0 Å². The van der Waals surface area contributed by atoms with Gasteiger partial charge in [0.1, 0.15) is 6.04 Å². The van der Waals surface area contributed by atoms with Crippen LogP contribution >= 0.6 is 27.7 Å². The normalized spacial score (nSPS) is 18.1. The first-order valence-corrected chi connectivity index (χ1v) is 11.8. The number of fused-ring (bicyclic) bond motifs is 1. The van der Waals surface area contributed by atoms with Crippen molar-refractivity contribution < 1.29 is 4.79 Å². The zero-order chi connectivity index (χ0) is 20.7. The van der Waals surface area contributed by atoms with Crippen molar-refractivity contribution in [2.75, 3.05) is 5.32 Å².